The van der Waals surface area contributed by atoms with E-state index in [-0.39, 0.29) is 24.1 Å². The highest BCUT2D eigenvalue weighted by molar-refractivity contribution is 5.98. The molecule has 0 aromatic heterocycles. The smallest absolute Gasteiger partial charge is 0.251 e. The quantitative estimate of drug-likeness (QED) is 0.446. The lowest BCUT2D eigenvalue weighted by atomic mass is 10.1. The van der Waals surface area contributed by atoms with E-state index in [0.29, 0.717) is 30.1 Å². The molecule has 1 aromatic carbocycles. The highest BCUT2D eigenvalue weighted by Gasteiger charge is 2.11. The van der Waals surface area contributed by atoms with Gasteiger partial charge in [0, 0.05) is 36.7 Å². The summed E-state index contributed by atoms with van der Waals surface area (Å²) in [5.74, 6) is 0.0210. The Hall–Kier alpha value is -1.39. The van der Waals surface area contributed by atoms with Crippen LogP contribution in [0.2, 0.25) is 0 Å². The SMILES string of the molecule is CCC(=O)c1ccc(C(=O)NCCNC2CCCCCC2)cc1.Cl. The molecule has 0 atom stereocenters. The number of rotatable bonds is 7. The van der Waals surface area contributed by atoms with E-state index < -0.39 is 0 Å². The van der Waals surface area contributed by atoms with Gasteiger partial charge in [-0.05, 0) is 25.0 Å². The van der Waals surface area contributed by atoms with Gasteiger partial charge in [0.1, 0.15) is 0 Å². The van der Waals surface area contributed by atoms with E-state index in [4.69, 9.17) is 0 Å². The maximum Gasteiger partial charge on any atom is 0.251 e. The molecule has 0 radical (unpaired) electrons. The predicted molar refractivity (Wildman–Crippen MR) is 100 cm³/mol. The molecular formula is C19H29ClN2O2. The molecule has 1 amide bonds. The molecule has 4 nitrogen and oxygen atoms in total. The highest BCUT2D eigenvalue weighted by Crippen LogP contribution is 2.16. The van der Waals surface area contributed by atoms with Crippen LogP contribution in [0.15, 0.2) is 24.3 Å². The van der Waals surface area contributed by atoms with Crippen LogP contribution >= 0.6 is 12.4 Å². The molecule has 1 aromatic rings. The number of carbonyl (C=O) groups is 2. The minimum absolute atomic E-state index is 0. The Bertz CT molecular complexity index is 509. The van der Waals surface area contributed by atoms with Gasteiger partial charge in [-0.2, -0.15) is 0 Å². The zero-order valence-corrected chi connectivity index (χ0v) is 15.3. The molecule has 0 spiro atoms. The molecule has 2 rings (SSSR count). The van der Waals surface area contributed by atoms with Crippen molar-refractivity contribution in [3.05, 3.63) is 35.4 Å². The van der Waals surface area contributed by atoms with Crippen LogP contribution in [0.1, 0.15) is 72.6 Å². The number of carbonyl (C=O) groups excluding carboxylic acids is 2. The Labute approximate surface area is 151 Å². The first-order chi connectivity index (χ1) is 11.2. The van der Waals surface area contributed by atoms with Crippen molar-refractivity contribution in [2.24, 2.45) is 0 Å². The Balaban J connectivity index is 0.00000288. The van der Waals surface area contributed by atoms with Gasteiger partial charge in [0.2, 0.25) is 0 Å². The number of halogens is 1. The third-order valence-corrected chi connectivity index (χ3v) is 4.49. The molecule has 1 aliphatic rings. The zero-order chi connectivity index (χ0) is 16.5. The van der Waals surface area contributed by atoms with Crippen molar-refractivity contribution >= 4 is 24.1 Å². The van der Waals surface area contributed by atoms with Gasteiger partial charge in [0.25, 0.3) is 5.91 Å². The van der Waals surface area contributed by atoms with Crippen LogP contribution in [-0.2, 0) is 0 Å². The topological polar surface area (TPSA) is 58.2 Å². The molecule has 134 valence electrons. The van der Waals surface area contributed by atoms with Gasteiger partial charge in [-0.25, -0.2) is 0 Å². The van der Waals surface area contributed by atoms with E-state index in [1.54, 1.807) is 24.3 Å². The first kappa shape index (κ1) is 20.7. The minimum Gasteiger partial charge on any atom is -0.351 e. The molecule has 0 heterocycles. The molecule has 1 saturated carbocycles. The van der Waals surface area contributed by atoms with Crippen molar-refractivity contribution < 1.29 is 9.59 Å². The van der Waals surface area contributed by atoms with Gasteiger partial charge in [0.05, 0.1) is 0 Å². The number of hydrogen-bond acceptors (Lipinski definition) is 3. The Morgan fingerprint density at radius 1 is 0.958 bits per heavy atom. The van der Waals surface area contributed by atoms with Gasteiger partial charge in [0.15, 0.2) is 5.78 Å². The minimum atomic E-state index is -0.0804. The van der Waals surface area contributed by atoms with Gasteiger partial charge in [-0.1, -0.05) is 44.7 Å². The average Bonchev–Trinajstić information content (AvgIpc) is 2.86. The number of hydrogen-bond donors (Lipinski definition) is 2. The molecule has 0 unspecified atom stereocenters. The lowest BCUT2D eigenvalue weighted by Crippen LogP contribution is -2.36. The molecular weight excluding hydrogens is 324 g/mol. The lowest BCUT2D eigenvalue weighted by molar-refractivity contribution is 0.0950. The number of amides is 1. The molecule has 0 bridgehead atoms. The average molecular weight is 353 g/mol. The van der Waals surface area contributed by atoms with Crippen LogP contribution in [0, 0.1) is 0 Å². The summed E-state index contributed by atoms with van der Waals surface area (Å²) in [5.41, 5.74) is 1.27. The maximum absolute atomic E-state index is 12.1. The summed E-state index contributed by atoms with van der Waals surface area (Å²) in [4.78, 5) is 23.6. The Morgan fingerprint density at radius 2 is 1.54 bits per heavy atom. The van der Waals surface area contributed by atoms with Crippen LogP contribution in [-0.4, -0.2) is 30.8 Å². The van der Waals surface area contributed by atoms with E-state index >= 15 is 0 Å². The van der Waals surface area contributed by atoms with Crippen LogP contribution < -0.4 is 10.6 Å². The molecule has 1 fully saturated rings. The standard InChI is InChI=1S/C19H28N2O2.ClH/c1-2-18(22)15-9-11-16(12-10-15)19(23)21-14-13-20-17-7-5-3-4-6-8-17;/h9-12,17,20H,2-8,13-14H2,1H3,(H,21,23);1H. The van der Waals surface area contributed by atoms with E-state index in [2.05, 4.69) is 10.6 Å². The normalized spacial score (nSPS) is 15.2. The van der Waals surface area contributed by atoms with Gasteiger partial charge >= 0.3 is 0 Å². The molecule has 1 aliphatic carbocycles. The van der Waals surface area contributed by atoms with Crippen LogP contribution in [0.3, 0.4) is 0 Å². The Kier molecular flexibility index (Phi) is 9.65. The van der Waals surface area contributed by atoms with Crippen molar-refractivity contribution in [2.45, 2.75) is 57.9 Å². The second kappa shape index (κ2) is 11.2. The van der Waals surface area contributed by atoms with E-state index in [1.165, 1.54) is 38.5 Å². The number of Topliss-reactive ketones (excluding diaryl/α,β-unsaturated/α-hetero) is 1. The highest BCUT2D eigenvalue weighted by atomic mass is 35.5. The van der Waals surface area contributed by atoms with Crippen molar-refractivity contribution in [1.82, 2.24) is 10.6 Å². The van der Waals surface area contributed by atoms with Gasteiger partial charge in [-0.3, -0.25) is 9.59 Å². The number of ketones is 1. The van der Waals surface area contributed by atoms with E-state index in [9.17, 15) is 9.59 Å². The molecule has 0 saturated heterocycles. The first-order valence-corrected chi connectivity index (χ1v) is 8.85. The summed E-state index contributed by atoms with van der Waals surface area (Å²) in [6, 6.07) is 7.50. The molecule has 0 aliphatic heterocycles. The van der Waals surface area contributed by atoms with Crippen LogP contribution in [0.4, 0.5) is 0 Å². The monoisotopic (exact) mass is 352 g/mol. The van der Waals surface area contributed by atoms with E-state index in [0.717, 1.165) is 6.54 Å². The van der Waals surface area contributed by atoms with Gasteiger partial charge in [-0.15, -0.1) is 12.4 Å². The second-order valence-electron chi connectivity index (χ2n) is 6.25. The van der Waals surface area contributed by atoms with Crippen molar-refractivity contribution in [3.63, 3.8) is 0 Å². The van der Waals surface area contributed by atoms with Crippen LogP contribution in [0.25, 0.3) is 0 Å². The third kappa shape index (κ3) is 6.62. The fourth-order valence-corrected chi connectivity index (χ4v) is 3.05. The maximum atomic E-state index is 12.1. The molecule has 24 heavy (non-hydrogen) atoms. The first-order valence-electron chi connectivity index (χ1n) is 8.85. The summed E-state index contributed by atoms with van der Waals surface area (Å²) < 4.78 is 0. The summed E-state index contributed by atoms with van der Waals surface area (Å²) in [6.45, 7) is 3.28. The fraction of sp³-hybridized carbons (Fsp3) is 0.579. The number of benzene rings is 1. The van der Waals surface area contributed by atoms with Crippen LogP contribution in [0.5, 0.6) is 0 Å². The second-order valence-corrected chi connectivity index (χ2v) is 6.25. The lowest BCUT2D eigenvalue weighted by Gasteiger charge is -2.16. The number of nitrogens with one attached hydrogen (secondary N) is 2. The summed E-state index contributed by atoms with van der Waals surface area (Å²) >= 11 is 0. The Morgan fingerprint density at radius 3 is 2.12 bits per heavy atom. The van der Waals surface area contributed by atoms with E-state index in [1.807, 2.05) is 6.92 Å². The summed E-state index contributed by atoms with van der Waals surface area (Å²) in [6.07, 6.45) is 8.32. The molecule has 5 heteroatoms. The van der Waals surface area contributed by atoms with Crippen molar-refractivity contribution in [3.8, 4) is 0 Å². The fourth-order valence-electron chi connectivity index (χ4n) is 3.05. The predicted octanol–water partition coefficient (Wildman–Crippen LogP) is 3.74. The summed E-state index contributed by atoms with van der Waals surface area (Å²) in [7, 11) is 0. The zero-order valence-electron chi connectivity index (χ0n) is 14.5. The van der Waals surface area contributed by atoms with Crippen molar-refractivity contribution in [1.29, 1.82) is 0 Å². The molecule has 2 N–H and O–H groups in total. The third-order valence-electron chi connectivity index (χ3n) is 4.49. The summed E-state index contributed by atoms with van der Waals surface area (Å²) in [5, 5.41) is 6.47. The van der Waals surface area contributed by atoms with Crippen molar-refractivity contribution in [2.75, 3.05) is 13.1 Å². The largest absolute Gasteiger partial charge is 0.351 e. The van der Waals surface area contributed by atoms with Gasteiger partial charge < -0.3 is 10.6 Å².